The first kappa shape index (κ1) is 16.9. The van der Waals surface area contributed by atoms with Crippen molar-refractivity contribution in [2.45, 2.75) is 37.9 Å². The van der Waals surface area contributed by atoms with Crippen LogP contribution in [0.2, 0.25) is 10.0 Å². The van der Waals surface area contributed by atoms with E-state index in [1.807, 2.05) is 0 Å². The third-order valence-electron chi connectivity index (χ3n) is 4.12. The fourth-order valence-corrected chi connectivity index (χ4v) is 3.48. The maximum Gasteiger partial charge on any atom is 0.391 e. The number of benzene rings is 1. The molecule has 0 radical (unpaired) electrons. The Kier molecular flexibility index (Phi) is 5.41. The Morgan fingerprint density at radius 3 is 2.57 bits per heavy atom. The van der Waals surface area contributed by atoms with Crippen molar-refractivity contribution in [3.05, 3.63) is 33.8 Å². The van der Waals surface area contributed by atoms with Gasteiger partial charge in [-0.15, -0.1) is 0 Å². The van der Waals surface area contributed by atoms with Gasteiger partial charge in [0.1, 0.15) is 0 Å². The van der Waals surface area contributed by atoms with Crippen molar-refractivity contribution < 1.29 is 13.2 Å². The Hall–Kier alpha value is -0.490. The van der Waals surface area contributed by atoms with Crippen LogP contribution in [-0.4, -0.2) is 6.18 Å². The third kappa shape index (κ3) is 4.03. The summed E-state index contributed by atoms with van der Waals surface area (Å²) in [4.78, 5) is 0. The standard InChI is InChI=1S/C14H17Cl2F3N2/c15-10-4-5-12(16)11(7-10)13(21-20)8-2-1-3-9(6-8)14(17,18)19/h4-5,7-9,13,21H,1-3,6,20H2. The lowest BCUT2D eigenvalue weighted by Crippen LogP contribution is -2.38. The van der Waals surface area contributed by atoms with E-state index in [2.05, 4.69) is 5.43 Å². The first-order valence-corrected chi connectivity index (χ1v) is 7.56. The van der Waals surface area contributed by atoms with Crippen molar-refractivity contribution >= 4 is 23.2 Å². The van der Waals surface area contributed by atoms with E-state index in [4.69, 9.17) is 29.0 Å². The predicted octanol–water partition coefficient (Wildman–Crippen LogP) is 4.87. The molecule has 1 aromatic carbocycles. The molecule has 3 atom stereocenters. The summed E-state index contributed by atoms with van der Waals surface area (Å²) in [7, 11) is 0. The number of hydrazine groups is 1. The van der Waals surface area contributed by atoms with E-state index < -0.39 is 18.1 Å². The highest BCUT2D eigenvalue weighted by Crippen LogP contribution is 2.44. The molecule has 7 heteroatoms. The van der Waals surface area contributed by atoms with E-state index >= 15 is 0 Å². The number of nitrogens with one attached hydrogen (secondary N) is 1. The molecule has 21 heavy (non-hydrogen) atoms. The van der Waals surface area contributed by atoms with Crippen molar-refractivity contribution in [3.8, 4) is 0 Å². The lowest BCUT2D eigenvalue weighted by atomic mass is 9.76. The van der Waals surface area contributed by atoms with Gasteiger partial charge in [-0.1, -0.05) is 29.6 Å². The molecule has 0 saturated heterocycles. The molecule has 2 rings (SSSR count). The van der Waals surface area contributed by atoms with Crippen LogP contribution >= 0.6 is 23.2 Å². The Morgan fingerprint density at radius 2 is 1.95 bits per heavy atom. The van der Waals surface area contributed by atoms with Crippen molar-refractivity contribution in [2.75, 3.05) is 0 Å². The fraction of sp³-hybridized carbons (Fsp3) is 0.571. The highest BCUT2D eigenvalue weighted by Gasteiger charge is 2.43. The molecule has 0 heterocycles. The minimum atomic E-state index is -4.16. The summed E-state index contributed by atoms with van der Waals surface area (Å²) in [6.07, 6.45) is -2.70. The van der Waals surface area contributed by atoms with Crippen molar-refractivity contribution in [1.82, 2.24) is 5.43 Å². The maximum absolute atomic E-state index is 12.9. The van der Waals surface area contributed by atoms with E-state index in [9.17, 15) is 13.2 Å². The van der Waals surface area contributed by atoms with Crippen molar-refractivity contribution in [2.24, 2.45) is 17.7 Å². The van der Waals surface area contributed by atoms with Gasteiger partial charge in [0.2, 0.25) is 0 Å². The number of rotatable bonds is 3. The molecule has 1 fully saturated rings. The van der Waals surface area contributed by atoms with Gasteiger partial charge in [-0.2, -0.15) is 13.2 Å². The minimum absolute atomic E-state index is 0.0568. The lowest BCUT2D eigenvalue weighted by Gasteiger charge is -2.35. The SMILES string of the molecule is NNC(c1cc(Cl)ccc1Cl)C1CCCC(C(F)(F)F)C1. The van der Waals surface area contributed by atoms with Gasteiger partial charge in [-0.25, -0.2) is 0 Å². The van der Waals surface area contributed by atoms with Crippen LogP contribution in [0.4, 0.5) is 13.2 Å². The van der Waals surface area contributed by atoms with Gasteiger partial charge in [-0.05, 0) is 48.9 Å². The average molecular weight is 341 g/mol. The van der Waals surface area contributed by atoms with Crippen LogP contribution in [0.15, 0.2) is 18.2 Å². The van der Waals surface area contributed by atoms with E-state index in [1.54, 1.807) is 18.2 Å². The molecule has 118 valence electrons. The smallest absolute Gasteiger partial charge is 0.271 e. The van der Waals surface area contributed by atoms with Crippen LogP contribution in [-0.2, 0) is 0 Å². The summed E-state index contributed by atoms with van der Waals surface area (Å²) in [6.45, 7) is 0. The van der Waals surface area contributed by atoms with Crippen LogP contribution in [0.3, 0.4) is 0 Å². The summed E-state index contributed by atoms with van der Waals surface area (Å²) in [5.41, 5.74) is 3.27. The van der Waals surface area contributed by atoms with Crippen LogP contribution in [0.25, 0.3) is 0 Å². The van der Waals surface area contributed by atoms with Gasteiger partial charge < -0.3 is 0 Å². The van der Waals surface area contributed by atoms with Gasteiger partial charge in [0.25, 0.3) is 0 Å². The van der Waals surface area contributed by atoms with Crippen LogP contribution in [0, 0.1) is 11.8 Å². The molecule has 0 bridgehead atoms. The highest BCUT2D eigenvalue weighted by atomic mass is 35.5. The normalized spacial score (nSPS) is 24.9. The van der Waals surface area contributed by atoms with Crippen molar-refractivity contribution in [3.63, 3.8) is 0 Å². The molecule has 3 unspecified atom stereocenters. The fourth-order valence-electron chi connectivity index (χ4n) is 3.06. The first-order valence-electron chi connectivity index (χ1n) is 6.80. The number of hydrogen-bond donors (Lipinski definition) is 2. The third-order valence-corrected chi connectivity index (χ3v) is 4.70. The minimum Gasteiger partial charge on any atom is -0.271 e. The first-order chi connectivity index (χ1) is 9.82. The topological polar surface area (TPSA) is 38.0 Å². The zero-order valence-electron chi connectivity index (χ0n) is 11.3. The van der Waals surface area contributed by atoms with Gasteiger partial charge in [-0.3, -0.25) is 11.3 Å². The molecule has 1 aromatic rings. The summed E-state index contributed by atoms with van der Waals surface area (Å²) in [6, 6.07) is 4.50. The summed E-state index contributed by atoms with van der Waals surface area (Å²) >= 11 is 12.1. The number of halogens is 5. The van der Waals surface area contributed by atoms with Gasteiger partial charge in [0.15, 0.2) is 0 Å². The van der Waals surface area contributed by atoms with E-state index in [1.165, 1.54) is 0 Å². The Bertz CT molecular complexity index is 494. The number of alkyl halides is 3. The molecule has 1 saturated carbocycles. The number of nitrogens with two attached hydrogens (primary N) is 1. The monoisotopic (exact) mass is 340 g/mol. The molecule has 1 aliphatic rings. The second kappa shape index (κ2) is 6.73. The number of hydrogen-bond acceptors (Lipinski definition) is 2. The average Bonchev–Trinajstić information content (AvgIpc) is 2.43. The lowest BCUT2D eigenvalue weighted by molar-refractivity contribution is -0.186. The Labute approximate surface area is 131 Å². The molecule has 1 aliphatic carbocycles. The molecule has 0 spiro atoms. The van der Waals surface area contributed by atoms with E-state index in [0.29, 0.717) is 28.5 Å². The zero-order valence-corrected chi connectivity index (χ0v) is 12.8. The molecule has 3 N–H and O–H groups in total. The molecular formula is C14H17Cl2F3N2. The second-order valence-electron chi connectivity index (χ2n) is 5.48. The van der Waals surface area contributed by atoms with E-state index in [0.717, 1.165) is 0 Å². The zero-order chi connectivity index (χ0) is 15.6. The molecule has 0 amide bonds. The molecule has 2 nitrogen and oxygen atoms in total. The quantitative estimate of drug-likeness (QED) is 0.608. The second-order valence-corrected chi connectivity index (χ2v) is 6.32. The summed E-state index contributed by atoms with van der Waals surface area (Å²) in [5, 5.41) is 0.939. The predicted molar refractivity (Wildman–Crippen MR) is 78.0 cm³/mol. The van der Waals surface area contributed by atoms with Gasteiger partial charge in [0, 0.05) is 10.0 Å². The molecule has 0 aromatic heterocycles. The summed E-state index contributed by atoms with van der Waals surface area (Å²) in [5.74, 6) is 4.09. The van der Waals surface area contributed by atoms with Gasteiger partial charge >= 0.3 is 6.18 Å². The largest absolute Gasteiger partial charge is 0.391 e. The Morgan fingerprint density at radius 1 is 1.24 bits per heavy atom. The molecule has 0 aliphatic heterocycles. The van der Waals surface area contributed by atoms with Gasteiger partial charge in [0.05, 0.1) is 12.0 Å². The van der Waals surface area contributed by atoms with Crippen molar-refractivity contribution in [1.29, 1.82) is 0 Å². The Balaban J connectivity index is 2.23. The highest BCUT2D eigenvalue weighted by molar-refractivity contribution is 6.33. The van der Waals surface area contributed by atoms with Crippen LogP contribution < -0.4 is 11.3 Å². The maximum atomic E-state index is 12.9. The molecular weight excluding hydrogens is 324 g/mol. The van der Waals surface area contributed by atoms with Crippen LogP contribution in [0.1, 0.15) is 37.3 Å². The van der Waals surface area contributed by atoms with E-state index in [-0.39, 0.29) is 18.8 Å². The van der Waals surface area contributed by atoms with Crippen LogP contribution in [0.5, 0.6) is 0 Å². The summed E-state index contributed by atoms with van der Waals surface area (Å²) < 4.78 is 38.8.